The molecule has 2 N–H and O–H groups in total. The molecule has 0 unspecified atom stereocenters. The first-order valence-electron chi connectivity index (χ1n) is 5.94. The van der Waals surface area contributed by atoms with Gasteiger partial charge in [-0.15, -0.1) is 11.3 Å². The number of thiophene rings is 1. The lowest BCUT2D eigenvalue weighted by Crippen LogP contribution is -2.12. The maximum atomic E-state index is 12.4. The quantitative estimate of drug-likeness (QED) is 0.820. The lowest BCUT2D eigenvalue weighted by atomic mass is 10.2. The fourth-order valence-electron chi connectivity index (χ4n) is 1.81. The number of nitrogens with one attached hydrogen (secondary N) is 1. The van der Waals surface area contributed by atoms with Gasteiger partial charge in [-0.3, -0.25) is 4.72 Å². The van der Waals surface area contributed by atoms with Crippen LogP contribution in [0.5, 0.6) is 5.75 Å². The van der Waals surface area contributed by atoms with E-state index in [9.17, 15) is 8.42 Å². The smallest absolute Gasteiger partial charge is 0.263 e. The molecule has 0 aliphatic heterocycles. The molecule has 0 fully saturated rings. The van der Waals surface area contributed by atoms with Gasteiger partial charge >= 0.3 is 0 Å². The maximum Gasteiger partial charge on any atom is 0.263 e. The van der Waals surface area contributed by atoms with Crippen LogP contribution < -0.4 is 9.46 Å². The summed E-state index contributed by atoms with van der Waals surface area (Å²) >= 11 is 4.40. The number of aryl methyl sites for hydroxylation is 1. The van der Waals surface area contributed by atoms with Gasteiger partial charge in [-0.1, -0.05) is 0 Å². The average Bonchev–Trinajstić information content (AvgIpc) is 2.81. The number of aliphatic hydroxyl groups is 1. The van der Waals surface area contributed by atoms with Gasteiger partial charge in [-0.05, 0) is 52.7 Å². The van der Waals surface area contributed by atoms with Gasteiger partial charge in [0, 0.05) is 10.6 Å². The second kappa shape index (κ2) is 6.35. The van der Waals surface area contributed by atoms with Gasteiger partial charge in [0.05, 0.1) is 17.5 Å². The summed E-state index contributed by atoms with van der Waals surface area (Å²) in [5.41, 5.74) is 1.29. The molecule has 2 rings (SSSR count). The Kier molecular flexibility index (Phi) is 4.92. The monoisotopic (exact) mass is 391 g/mol. The maximum absolute atomic E-state index is 12.4. The molecule has 2 aromatic rings. The van der Waals surface area contributed by atoms with E-state index in [0.717, 1.165) is 5.56 Å². The fraction of sp³-hybridized carbons (Fsp3) is 0.231. The number of rotatable bonds is 5. The van der Waals surface area contributed by atoms with Gasteiger partial charge < -0.3 is 9.84 Å². The van der Waals surface area contributed by atoms with E-state index < -0.39 is 10.0 Å². The van der Waals surface area contributed by atoms with Crippen LogP contribution in [-0.2, 0) is 16.6 Å². The average molecular weight is 392 g/mol. The number of hydrogen-bond donors (Lipinski definition) is 2. The third-order valence-electron chi connectivity index (χ3n) is 2.80. The number of aliphatic hydroxyl groups excluding tert-OH is 1. The van der Waals surface area contributed by atoms with Crippen molar-refractivity contribution in [2.24, 2.45) is 0 Å². The number of hydrogen-bond acceptors (Lipinski definition) is 5. The highest BCUT2D eigenvalue weighted by Gasteiger charge is 2.21. The van der Waals surface area contributed by atoms with E-state index in [1.807, 2.05) is 6.92 Å². The van der Waals surface area contributed by atoms with Gasteiger partial charge in [0.2, 0.25) is 0 Å². The molecule has 0 atom stereocenters. The predicted molar refractivity (Wildman–Crippen MR) is 86.5 cm³/mol. The SMILES string of the molecule is COc1ccc(NS(=O)(=O)c2cc(CO)sc2Br)cc1C. The Bertz CT molecular complexity index is 756. The summed E-state index contributed by atoms with van der Waals surface area (Å²) in [4.78, 5) is 0.693. The second-order valence-corrected chi connectivity index (χ2v) is 8.40. The van der Waals surface area contributed by atoms with Crippen LogP contribution >= 0.6 is 27.3 Å². The van der Waals surface area contributed by atoms with Crippen LogP contribution in [0.15, 0.2) is 32.9 Å². The van der Waals surface area contributed by atoms with Crippen LogP contribution in [0.25, 0.3) is 0 Å². The first-order valence-corrected chi connectivity index (χ1v) is 9.03. The van der Waals surface area contributed by atoms with Gasteiger partial charge in [-0.2, -0.15) is 0 Å². The number of methoxy groups -OCH3 is 1. The molecule has 8 heteroatoms. The summed E-state index contributed by atoms with van der Waals surface area (Å²) in [5.74, 6) is 0.692. The summed E-state index contributed by atoms with van der Waals surface area (Å²) in [7, 11) is -2.15. The number of ether oxygens (including phenoxy) is 1. The van der Waals surface area contributed by atoms with E-state index in [-0.39, 0.29) is 11.5 Å². The number of anilines is 1. The van der Waals surface area contributed by atoms with Crippen molar-refractivity contribution in [3.05, 3.63) is 38.5 Å². The van der Waals surface area contributed by atoms with E-state index in [4.69, 9.17) is 9.84 Å². The molecular weight excluding hydrogens is 378 g/mol. The highest BCUT2D eigenvalue weighted by molar-refractivity contribution is 9.11. The Balaban J connectivity index is 2.32. The van der Waals surface area contributed by atoms with Crippen LogP contribution in [0.2, 0.25) is 0 Å². The van der Waals surface area contributed by atoms with Crippen molar-refractivity contribution < 1.29 is 18.3 Å². The van der Waals surface area contributed by atoms with Gasteiger partial charge in [0.1, 0.15) is 10.6 Å². The van der Waals surface area contributed by atoms with Gasteiger partial charge in [0.25, 0.3) is 10.0 Å². The first kappa shape index (κ1) is 16.3. The number of halogens is 1. The molecule has 114 valence electrons. The summed E-state index contributed by atoms with van der Waals surface area (Å²) in [6.45, 7) is 1.64. The van der Waals surface area contributed by atoms with E-state index in [1.54, 1.807) is 25.3 Å². The topological polar surface area (TPSA) is 75.6 Å². The van der Waals surface area contributed by atoms with E-state index in [1.165, 1.54) is 17.4 Å². The molecule has 0 amide bonds. The molecule has 0 spiro atoms. The van der Waals surface area contributed by atoms with Crippen LogP contribution in [0.4, 0.5) is 5.69 Å². The van der Waals surface area contributed by atoms with Gasteiger partial charge in [0.15, 0.2) is 0 Å². The van der Waals surface area contributed by atoms with E-state index in [2.05, 4.69) is 20.7 Å². The van der Waals surface area contributed by atoms with E-state index >= 15 is 0 Å². The Morgan fingerprint density at radius 1 is 1.38 bits per heavy atom. The summed E-state index contributed by atoms with van der Waals surface area (Å²) < 4.78 is 32.9. The highest BCUT2D eigenvalue weighted by Crippen LogP contribution is 2.33. The molecule has 0 aliphatic carbocycles. The Labute approximate surface area is 135 Å². The van der Waals surface area contributed by atoms with Crippen molar-refractivity contribution in [2.45, 2.75) is 18.4 Å². The zero-order chi connectivity index (χ0) is 15.6. The van der Waals surface area contributed by atoms with Crippen molar-refractivity contribution in [3.63, 3.8) is 0 Å². The number of benzene rings is 1. The van der Waals surface area contributed by atoms with Crippen LogP contribution in [-0.4, -0.2) is 20.6 Å². The molecular formula is C13H14BrNO4S2. The Morgan fingerprint density at radius 2 is 2.10 bits per heavy atom. The molecule has 0 aliphatic rings. The zero-order valence-electron chi connectivity index (χ0n) is 11.4. The first-order chi connectivity index (χ1) is 9.87. The molecule has 21 heavy (non-hydrogen) atoms. The summed E-state index contributed by atoms with van der Waals surface area (Å²) in [5, 5.41) is 9.09. The minimum absolute atomic E-state index is 0.116. The molecule has 0 saturated carbocycles. The largest absolute Gasteiger partial charge is 0.496 e. The lowest BCUT2D eigenvalue weighted by Gasteiger charge is -2.10. The molecule has 0 saturated heterocycles. The molecule has 0 bridgehead atoms. The third kappa shape index (κ3) is 3.57. The van der Waals surface area contributed by atoms with Crippen molar-refractivity contribution in [1.82, 2.24) is 0 Å². The normalized spacial score (nSPS) is 11.4. The molecule has 1 aromatic carbocycles. The molecule has 0 radical (unpaired) electrons. The Hall–Kier alpha value is -1.09. The molecule has 1 heterocycles. The van der Waals surface area contributed by atoms with Crippen LogP contribution in [0.1, 0.15) is 10.4 Å². The van der Waals surface area contributed by atoms with Crippen molar-refractivity contribution in [3.8, 4) is 5.75 Å². The number of sulfonamides is 1. The molecule has 5 nitrogen and oxygen atoms in total. The van der Waals surface area contributed by atoms with Crippen LogP contribution in [0, 0.1) is 6.92 Å². The fourth-order valence-corrected chi connectivity index (χ4v) is 5.40. The van der Waals surface area contributed by atoms with Gasteiger partial charge in [-0.25, -0.2) is 8.42 Å². The lowest BCUT2D eigenvalue weighted by molar-refractivity contribution is 0.285. The third-order valence-corrected chi connectivity index (χ3v) is 6.42. The van der Waals surface area contributed by atoms with Crippen LogP contribution in [0.3, 0.4) is 0 Å². The van der Waals surface area contributed by atoms with E-state index in [0.29, 0.717) is 20.1 Å². The van der Waals surface area contributed by atoms with Crippen molar-refractivity contribution >= 4 is 43.0 Å². The summed E-state index contributed by atoms with van der Waals surface area (Å²) in [6, 6.07) is 6.49. The molecule has 1 aromatic heterocycles. The summed E-state index contributed by atoms with van der Waals surface area (Å²) in [6.07, 6.45) is 0. The standard InChI is InChI=1S/C13H14BrNO4S2/c1-8-5-9(3-4-11(8)19-2)15-21(17,18)12-6-10(7-16)20-13(12)14/h3-6,15-16H,7H2,1-2H3. The second-order valence-electron chi connectivity index (χ2n) is 4.30. The predicted octanol–water partition coefficient (Wildman–Crippen LogP) is 3.12. The minimum Gasteiger partial charge on any atom is -0.496 e. The van der Waals surface area contributed by atoms with Crippen molar-refractivity contribution in [1.29, 1.82) is 0 Å². The zero-order valence-corrected chi connectivity index (χ0v) is 14.6. The minimum atomic E-state index is -3.71. The van der Waals surface area contributed by atoms with Crippen molar-refractivity contribution in [2.75, 3.05) is 11.8 Å². The highest BCUT2D eigenvalue weighted by atomic mass is 79.9. The Morgan fingerprint density at radius 3 is 2.62 bits per heavy atom.